The first kappa shape index (κ1) is 12.6. The van der Waals surface area contributed by atoms with Crippen molar-refractivity contribution in [2.24, 2.45) is 0 Å². The van der Waals surface area contributed by atoms with Crippen LogP contribution in [0.25, 0.3) is 0 Å². The standard InChI is InChI=1S/C13H14ClN3O2/c14-10-3-1-9(2-4-10)7-12-16-13(17-19-12)11-8-15-5-6-18-11/h1-4,11,15H,5-8H2. The van der Waals surface area contributed by atoms with Crippen LogP contribution in [-0.4, -0.2) is 29.8 Å². The first-order chi connectivity index (χ1) is 9.31. The van der Waals surface area contributed by atoms with E-state index in [1.54, 1.807) is 0 Å². The summed E-state index contributed by atoms with van der Waals surface area (Å²) in [7, 11) is 0. The van der Waals surface area contributed by atoms with Crippen molar-refractivity contribution in [1.29, 1.82) is 0 Å². The maximum Gasteiger partial charge on any atom is 0.231 e. The molecule has 1 N–H and O–H groups in total. The van der Waals surface area contributed by atoms with Crippen LogP contribution in [0.15, 0.2) is 28.8 Å². The maximum absolute atomic E-state index is 5.85. The molecule has 0 aliphatic carbocycles. The second-order valence-electron chi connectivity index (χ2n) is 4.41. The number of hydrogen-bond acceptors (Lipinski definition) is 5. The van der Waals surface area contributed by atoms with Gasteiger partial charge in [0.05, 0.1) is 13.0 Å². The zero-order valence-electron chi connectivity index (χ0n) is 10.3. The minimum atomic E-state index is -0.114. The van der Waals surface area contributed by atoms with Gasteiger partial charge in [-0.3, -0.25) is 0 Å². The molecular formula is C13H14ClN3O2. The quantitative estimate of drug-likeness (QED) is 0.931. The first-order valence-electron chi connectivity index (χ1n) is 6.20. The van der Waals surface area contributed by atoms with E-state index in [-0.39, 0.29) is 6.10 Å². The van der Waals surface area contributed by atoms with E-state index < -0.39 is 0 Å². The van der Waals surface area contributed by atoms with Gasteiger partial charge in [0.15, 0.2) is 0 Å². The molecule has 1 fully saturated rings. The molecule has 0 amide bonds. The van der Waals surface area contributed by atoms with E-state index >= 15 is 0 Å². The van der Waals surface area contributed by atoms with Crippen LogP contribution in [0.5, 0.6) is 0 Å². The summed E-state index contributed by atoms with van der Waals surface area (Å²) < 4.78 is 10.8. The van der Waals surface area contributed by atoms with Gasteiger partial charge in [0.1, 0.15) is 6.10 Å². The molecule has 2 aromatic rings. The number of aromatic nitrogens is 2. The number of morpholine rings is 1. The Bertz CT molecular complexity index is 535. The molecule has 6 heteroatoms. The molecule has 1 atom stereocenters. The summed E-state index contributed by atoms with van der Waals surface area (Å²) >= 11 is 5.85. The Morgan fingerprint density at radius 1 is 1.32 bits per heavy atom. The van der Waals surface area contributed by atoms with Gasteiger partial charge in [-0.25, -0.2) is 0 Å². The van der Waals surface area contributed by atoms with Gasteiger partial charge < -0.3 is 14.6 Å². The fraction of sp³-hybridized carbons (Fsp3) is 0.385. The van der Waals surface area contributed by atoms with Crippen molar-refractivity contribution in [3.8, 4) is 0 Å². The van der Waals surface area contributed by atoms with Crippen LogP contribution < -0.4 is 5.32 Å². The molecule has 3 rings (SSSR count). The van der Waals surface area contributed by atoms with Gasteiger partial charge in [0.2, 0.25) is 11.7 Å². The van der Waals surface area contributed by atoms with Crippen LogP contribution in [0.4, 0.5) is 0 Å². The molecule has 1 aromatic heterocycles. The van der Waals surface area contributed by atoms with Crippen LogP contribution in [0.3, 0.4) is 0 Å². The number of benzene rings is 1. The first-order valence-corrected chi connectivity index (χ1v) is 6.58. The summed E-state index contributed by atoms with van der Waals surface area (Å²) in [5.74, 6) is 1.20. The topological polar surface area (TPSA) is 60.2 Å². The Morgan fingerprint density at radius 2 is 2.16 bits per heavy atom. The van der Waals surface area contributed by atoms with Crippen LogP contribution >= 0.6 is 11.6 Å². The zero-order valence-corrected chi connectivity index (χ0v) is 11.1. The summed E-state index contributed by atoms with van der Waals surface area (Å²) in [6.07, 6.45) is 0.487. The van der Waals surface area contributed by atoms with Crippen molar-refractivity contribution in [2.75, 3.05) is 19.7 Å². The zero-order chi connectivity index (χ0) is 13.1. The number of nitrogens with zero attached hydrogens (tertiary/aromatic N) is 2. The molecule has 2 heterocycles. The van der Waals surface area contributed by atoms with Crippen LogP contribution in [0, 0.1) is 0 Å². The van der Waals surface area contributed by atoms with Gasteiger partial charge in [-0.05, 0) is 17.7 Å². The Balaban J connectivity index is 1.68. The van der Waals surface area contributed by atoms with Gasteiger partial charge in [-0.2, -0.15) is 4.98 Å². The third-order valence-electron chi connectivity index (χ3n) is 2.97. The number of rotatable bonds is 3. The lowest BCUT2D eigenvalue weighted by Gasteiger charge is -2.20. The van der Waals surface area contributed by atoms with Gasteiger partial charge in [0.25, 0.3) is 0 Å². The predicted molar refractivity (Wildman–Crippen MR) is 70.1 cm³/mol. The van der Waals surface area contributed by atoms with E-state index in [2.05, 4.69) is 15.5 Å². The number of halogens is 1. The van der Waals surface area contributed by atoms with Crippen LogP contribution in [-0.2, 0) is 11.2 Å². The van der Waals surface area contributed by atoms with Crippen molar-refractivity contribution >= 4 is 11.6 Å². The van der Waals surface area contributed by atoms with Gasteiger partial charge >= 0.3 is 0 Å². The SMILES string of the molecule is Clc1ccc(Cc2nc(C3CNCCO3)no2)cc1. The highest BCUT2D eigenvalue weighted by molar-refractivity contribution is 6.30. The average molecular weight is 280 g/mol. The summed E-state index contributed by atoms with van der Waals surface area (Å²) in [6.45, 7) is 2.26. The Hall–Kier alpha value is -1.43. The highest BCUT2D eigenvalue weighted by Crippen LogP contribution is 2.17. The second-order valence-corrected chi connectivity index (χ2v) is 4.85. The molecule has 19 heavy (non-hydrogen) atoms. The Kier molecular flexibility index (Phi) is 3.77. The van der Waals surface area contributed by atoms with Crippen molar-refractivity contribution in [3.05, 3.63) is 46.6 Å². The smallest absolute Gasteiger partial charge is 0.231 e. The lowest BCUT2D eigenvalue weighted by molar-refractivity contribution is 0.0208. The summed E-state index contributed by atoms with van der Waals surface area (Å²) in [5, 5.41) is 7.93. The fourth-order valence-corrected chi connectivity index (χ4v) is 2.10. The van der Waals surface area contributed by atoms with E-state index in [0.29, 0.717) is 24.7 Å². The average Bonchev–Trinajstić information content (AvgIpc) is 2.91. The molecule has 0 radical (unpaired) electrons. The molecular weight excluding hydrogens is 266 g/mol. The highest BCUT2D eigenvalue weighted by atomic mass is 35.5. The largest absolute Gasteiger partial charge is 0.367 e. The third kappa shape index (κ3) is 3.12. The fourth-order valence-electron chi connectivity index (χ4n) is 1.98. The number of ether oxygens (including phenoxy) is 1. The Labute approximate surface area is 115 Å². The van der Waals surface area contributed by atoms with E-state index in [0.717, 1.165) is 23.7 Å². The minimum absolute atomic E-state index is 0.114. The minimum Gasteiger partial charge on any atom is -0.367 e. The molecule has 1 saturated heterocycles. The van der Waals surface area contributed by atoms with Gasteiger partial charge in [-0.1, -0.05) is 28.9 Å². The van der Waals surface area contributed by atoms with Crippen molar-refractivity contribution in [3.63, 3.8) is 0 Å². The summed E-state index contributed by atoms with van der Waals surface area (Å²) in [6, 6.07) is 7.60. The van der Waals surface area contributed by atoms with Crippen molar-refractivity contribution in [1.82, 2.24) is 15.5 Å². The molecule has 1 aromatic carbocycles. The van der Waals surface area contributed by atoms with E-state index in [1.165, 1.54) is 0 Å². The molecule has 1 aliphatic heterocycles. The van der Waals surface area contributed by atoms with Crippen molar-refractivity contribution < 1.29 is 9.26 Å². The molecule has 0 saturated carbocycles. The number of hydrogen-bond donors (Lipinski definition) is 1. The van der Waals surface area contributed by atoms with Gasteiger partial charge in [0, 0.05) is 18.1 Å². The lowest BCUT2D eigenvalue weighted by atomic mass is 10.1. The maximum atomic E-state index is 5.85. The second kappa shape index (κ2) is 5.69. The normalized spacial score (nSPS) is 19.5. The van der Waals surface area contributed by atoms with Gasteiger partial charge in [-0.15, -0.1) is 0 Å². The lowest BCUT2D eigenvalue weighted by Crippen LogP contribution is -2.33. The third-order valence-corrected chi connectivity index (χ3v) is 3.22. The molecule has 0 bridgehead atoms. The van der Waals surface area contributed by atoms with Crippen LogP contribution in [0.2, 0.25) is 5.02 Å². The molecule has 1 unspecified atom stereocenters. The molecule has 5 nitrogen and oxygen atoms in total. The molecule has 100 valence electrons. The molecule has 0 spiro atoms. The van der Waals surface area contributed by atoms with Crippen LogP contribution in [0.1, 0.15) is 23.4 Å². The van der Waals surface area contributed by atoms with E-state index in [4.69, 9.17) is 20.9 Å². The van der Waals surface area contributed by atoms with E-state index in [1.807, 2.05) is 24.3 Å². The predicted octanol–water partition coefficient (Wildman–Crippen LogP) is 1.97. The number of nitrogens with one attached hydrogen (secondary N) is 1. The van der Waals surface area contributed by atoms with Crippen molar-refractivity contribution in [2.45, 2.75) is 12.5 Å². The highest BCUT2D eigenvalue weighted by Gasteiger charge is 2.21. The summed E-state index contributed by atoms with van der Waals surface area (Å²) in [4.78, 5) is 4.38. The van der Waals surface area contributed by atoms with E-state index in [9.17, 15) is 0 Å². The molecule has 1 aliphatic rings. The Morgan fingerprint density at radius 3 is 2.89 bits per heavy atom. The summed E-state index contributed by atoms with van der Waals surface area (Å²) in [5.41, 5.74) is 1.09. The monoisotopic (exact) mass is 279 g/mol.